The van der Waals surface area contributed by atoms with Crippen LogP contribution in [0.3, 0.4) is 0 Å². The highest BCUT2D eigenvalue weighted by Crippen LogP contribution is 2.60. The van der Waals surface area contributed by atoms with Crippen molar-refractivity contribution in [3.63, 3.8) is 0 Å². The van der Waals surface area contributed by atoms with Crippen LogP contribution in [0.5, 0.6) is 0 Å². The van der Waals surface area contributed by atoms with Gasteiger partial charge in [-0.15, -0.1) is 0 Å². The Hall–Kier alpha value is -0.300. The van der Waals surface area contributed by atoms with Crippen molar-refractivity contribution in [2.24, 2.45) is 23.2 Å². The van der Waals surface area contributed by atoms with Gasteiger partial charge in [0.1, 0.15) is 0 Å². The van der Waals surface area contributed by atoms with E-state index in [0.29, 0.717) is 5.41 Å². The number of hydrogen-bond donors (Lipinski definition) is 0. The Bertz CT molecular complexity index is 443. The summed E-state index contributed by atoms with van der Waals surface area (Å²) in [6.07, 6.45) is 7.21. The number of fused-ring (bicyclic) bond motifs is 2. The number of rotatable bonds is 3. The molecular weight excluding hydrogens is 266 g/mol. The van der Waals surface area contributed by atoms with Crippen LogP contribution in [0.1, 0.15) is 80.6 Å². The number of nitrogens with zero attached hydrogens (tertiary/aromatic N) is 1. The lowest BCUT2D eigenvalue weighted by molar-refractivity contribution is 0.0323. The zero-order valence-corrected chi connectivity index (χ0v) is 15.9. The molecule has 2 unspecified atom stereocenters. The minimum Gasteiger partial charge on any atom is -0.295 e. The van der Waals surface area contributed by atoms with Crippen LogP contribution in [0.2, 0.25) is 0 Å². The van der Waals surface area contributed by atoms with Crippen molar-refractivity contribution in [2.75, 3.05) is 0 Å². The molecule has 4 atom stereocenters. The van der Waals surface area contributed by atoms with E-state index in [0.717, 1.165) is 35.9 Å². The standard InChI is InChI=1S/C21H37N/c1-13(2)19-16(7)10-21(20(19)14(3)4)11-17-8-9-18(12-21)22(17)15(5)6/h13-18H,8-12H2,1-7H3/t16?,17-,18+,21?. The van der Waals surface area contributed by atoms with Gasteiger partial charge in [0.2, 0.25) is 0 Å². The van der Waals surface area contributed by atoms with Gasteiger partial charge < -0.3 is 0 Å². The Kier molecular flexibility index (Phi) is 4.25. The molecule has 0 aromatic carbocycles. The van der Waals surface area contributed by atoms with Gasteiger partial charge in [-0.1, -0.05) is 45.8 Å². The van der Waals surface area contributed by atoms with Crippen LogP contribution >= 0.6 is 0 Å². The first-order chi connectivity index (χ1) is 10.3. The monoisotopic (exact) mass is 303 g/mol. The van der Waals surface area contributed by atoms with Crippen LogP contribution in [-0.2, 0) is 0 Å². The molecule has 2 fully saturated rings. The largest absolute Gasteiger partial charge is 0.295 e. The summed E-state index contributed by atoms with van der Waals surface area (Å²) in [4.78, 5) is 2.86. The van der Waals surface area contributed by atoms with Gasteiger partial charge in [0.15, 0.2) is 0 Å². The molecule has 2 aliphatic heterocycles. The molecule has 0 N–H and O–H groups in total. The summed E-state index contributed by atoms with van der Waals surface area (Å²) in [5, 5.41) is 0. The molecule has 1 heteroatoms. The van der Waals surface area contributed by atoms with E-state index in [4.69, 9.17) is 0 Å². The van der Waals surface area contributed by atoms with Crippen molar-refractivity contribution in [1.29, 1.82) is 0 Å². The number of hydrogen-bond acceptors (Lipinski definition) is 1. The van der Waals surface area contributed by atoms with E-state index in [9.17, 15) is 0 Å². The van der Waals surface area contributed by atoms with E-state index in [2.05, 4.69) is 53.4 Å². The molecule has 1 spiro atoms. The van der Waals surface area contributed by atoms with Crippen molar-refractivity contribution in [3.05, 3.63) is 11.1 Å². The minimum atomic E-state index is 0.546. The summed E-state index contributed by atoms with van der Waals surface area (Å²) < 4.78 is 0. The normalized spacial score (nSPS) is 39.3. The van der Waals surface area contributed by atoms with E-state index < -0.39 is 0 Å². The van der Waals surface area contributed by atoms with E-state index >= 15 is 0 Å². The van der Waals surface area contributed by atoms with Crippen LogP contribution in [-0.4, -0.2) is 23.0 Å². The predicted molar refractivity (Wildman–Crippen MR) is 95.9 cm³/mol. The van der Waals surface area contributed by atoms with Gasteiger partial charge in [-0.25, -0.2) is 0 Å². The van der Waals surface area contributed by atoms with E-state index in [1.807, 2.05) is 11.1 Å². The van der Waals surface area contributed by atoms with Crippen LogP contribution < -0.4 is 0 Å². The maximum atomic E-state index is 2.86. The molecule has 0 radical (unpaired) electrons. The van der Waals surface area contributed by atoms with Gasteiger partial charge >= 0.3 is 0 Å². The predicted octanol–water partition coefficient (Wildman–Crippen LogP) is 5.66. The zero-order valence-electron chi connectivity index (χ0n) is 15.9. The molecule has 3 rings (SSSR count). The van der Waals surface area contributed by atoms with Crippen molar-refractivity contribution in [2.45, 2.75) is 98.7 Å². The molecule has 2 bridgehead atoms. The van der Waals surface area contributed by atoms with Crippen LogP contribution in [0, 0.1) is 23.2 Å². The summed E-state index contributed by atoms with van der Waals surface area (Å²) in [5.41, 5.74) is 4.26. The first-order valence-corrected chi connectivity index (χ1v) is 9.78. The van der Waals surface area contributed by atoms with Crippen LogP contribution in [0.15, 0.2) is 11.1 Å². The molecule has 2 saturated heterocycles. The summed E-state index contributed by atoms with van der Waals surface area (Å²) in [5.74, 6) is 2.27. The van der Waals surface area contributed by atoms with Crippen molar-refractivity contribution < 1.29 is 0 Å². The highest BCUT2D eigenvalue weighted by molar-refractivity contribution is 5.35. The Morgan fingerprint density at radius 1 is 0.864 bits per heavy atom. The Balaban J connectivity index is 1.98. The highest BCUT2D eigenvalue weighted by atomic mass is 15.2. The fourth-order valence-electron chi connectivity index (χ4n) is 6.81. The van der Waals surface area contributed by atoms with Gasteiger partial charge in [-0.05, 0) is 69.1 Å². The highest BCUT2D eigenvalue weighted by Gasteiger charge is 2.54. The average Bonchev–Trinajstić information content (AvgIpc) is 2.82. The van der Waals surface area contributed by atoms with Crippen molar-refractivity contribution in [1.82, 2.24) is 4.90 Å². The molecule has 0 aromatic rings. The first-order valence-electron chi connectivity index (χ1n) is 9.78. The summed E-state index contributed by atoms with van der Waals surface area (Å²) in [6, 6.07) is 2.43. The van der Waals surface area contributed by atoms with Crippen LogP contribution in [0.4, 0.5) is 0 Å². The van der Waals surface area contributed by atoms with Gasteiger partial charge in [0, 0.05) is 18.1 Å². The third-order valence-corrected chi connectivity index (χ3v) is 6.83. The molecule has 22 heavy (non-hydrogen) atoms. The van der Waals surface area contributed by atoms with E-state index in [-0.39, 0.29) is 0 Å². The smallest absolute Gasteiger partial charge is 0.0110 e. The Morgan fingerprint density at radius 2 is 1.41 bits per heavy atom. The molecule has 1 nitrogen and oxygen atoms in total. The zero-order chi connectivity index (χ0) is 16.2. The molecule has 0 aromatic heterocycles. The molecule has 1 aliphatic carbocycles. The second kappa shape index (κ2) is 5.65. The lowest BCUT2D eigenvalue weighted by Crippen LogP contribution is -2.51. The average molecular weight is 304 g/mol. The number of allylic oxidation sites excluding steroid dienone is 2. The Labute approximate surface area is 138 Å². The van der Waals surface area contributed by atoms with E-state index in [1.54, 1.807) is 0 Å². The third-order valence-electron chi connectivity index (χ3n) is 6.83. The third kappa shape index (κ3) is 2.39. The summed E-state index contributed by atoms with van der Waals surface area (Å²) in [7, 11) is 0. The lowest BCUT2D eigenvalue weighted by Gasteiger charge is -2.49. The minimum absolute atomic E-state index is 0.546. The fraction of sp³-hybridized carbons (Fsp3) is 0.905. The first kappa shape index (κ1) is 16.6. The maximum absolute atomic E-state index is 2.86. The summed E-state index contributed by atoms with van der Waals surface area (Å²) >= 11 is 0. The van der Waals surface area contributed by atoms with Crippen LogP contribution in [0.25, 0.3) is 0 Å². The quantitative estimate of drug-likeness (QED) is 0.608. The molecule has 3 aliphatic rings. The fourth-order valence-corrected chi connectivity index (χ4v) is 6.81. The van der Waals surface area contributed by atoms with Crippen molar-refractivity contribution >= 4 is 0 Å². The second-order valence-corrected chi connectivity index (χ2v) is 9.40. The molecule has 2 heterocycles. The van der Waals surface area contributed by atoms with E-state index in [1.165, 1.54) is 32.1 Å². The van der Waals surface area contributed by atoms with Gasteiger partial charge in [0.25, 0.3) is 0 Å². The molecule has 0 amide bonds. The van der Waals surface area contributed by atoms with Gasteiger partial charge in [-0.2, -0.15) is 0 Å². The van der Waals surface area contributed by atoms with Gasteiger partial charge in [0.05, 0.1) is 0 Å². The number of piperidine rings is 1. The SMILES string of the molecule is CC(C)C1=C(C(C)C)C2(CC1C)C[C@H]1CC[C@@H](C2)N1C(C)C. The maximum Gasteiger partial charge on any atom is 0.0110 e. The van der Waals surface area contributed by atoms with Gasteiger partial charge in [-0.3, -0.25) is 4.90 Å². The van der Waals surface area contributed by atoms with Crippen molar-refractivity contribution in [3.8, 4) is 0 Å². The lowest BCUT2D eigenvalue weighted by atomic mass is 9.66. The second-order valence-electron chi connectivity index (χ2n) is 9.40. The molecule has 126 valence electrons. The Morgan fingerprint density at radius 3 is 1.82 bits per heavy atom. The summed E-state index contributed by atoms with van der Waals surface area (Å²) in [6.45, 7) is 17.1. The molecular formula is C21H37N. The molecule has 0 saturated carbocycles. The topological polar surface area (TPSA) is 3.24 Å².